The van der Waals surface area contributed by atoms with Gasteiger partial charge in [-0.3, -0.25) is 11.3 Å². The maximum atomic E-state index is 6.20. The van der Waals surface area contributed by atoms with E-state index in [9.17, 15) is 0 Å². The quantitative estimate of drug-likeness (QED) is 0.598. The molecule has 2 rings (SSSR count). The average molecular weight is 350 g/mol. The molecule has 0 bridgehead atoms. The molecule has 0 spiro atoms. The van der Waals surface area contributed by atoms with Crippen molar-refractivity contribution in [2.45, 2.75) is 12.5 Å². The fraction of sp³-hybridized carbons (Fsp3) is 0.143. The third-order valence-electron chi connectivity index (χ3n) is 2.97. The number of halogens is 4. The van der Waals surface area contributed by atoms with E-state index < -0.39 is 0 Å². The third-order valence-corrected chi connectivity index (χ3v) is 4.14. The summed E-state index contributed by atoms with van der Waals surface area (Å²) in [5.41, 5.74) is 4.50. The maximum Gasteiger partial charge on any atom is 0.0515 e. The van der Waals surface area contributed by atoms with Crippen LogP contribution in [0.5, 0.6) is 0 Å². The summed E-state index contributed by atoms with van der Waals surface area (Å²) in [4.78, 5) is 0. The molecule has 0 aliphatic heterocycles. The largest absolute Gasteiger partial charge is 0.271 e. The van der Waals surface area contributed by atoms with E-state index in [-0.39, 0.29) is 6.04 Å². The van der Waals surface area contributed by atoms with Crippen LogP contribution in [-0.2, 0) is 6.42 Å². The molecule has 106 valence electrons. The highest BCUT2D eigenvalue weighted by Crippen LogP contribution is 2.30. The van der Waals surface area contributed by atoms with Crippen molar-refractivity contribution in [3.8, 4) is 0 Å². The molecule has 3 N–H and O–H groups in total. The summed E-state index contributed by atoms with van der Waals surface area (Å²) in [6, 6.07) is 10.4. The van der Waals surface area contributed by atoms with E-state index in [0.717, 1.165) is 11.1 Å². The Bertz CT molecular complexity index is 616. The van der Waals surface area contributed by atoms with Crippen molar-refractivity contribution < 1.29 is 0 Å². The van der Waals surface area contributed by atoms with Gasteiger partial charge in [-0.05, 0) is 47.9 Å². The predicted molar refractivity (Wildman–Crippen MR) is 86.7 cm³/mol. The molecule has 2 aromatic rings. The molecule has 6 heteroatoms. The zero-order valence-electron chi connectivity index (χ0n) is 10.3. The zero-order chi connectivity index (χ0) is 14.7. The highest BCUT2D eigenvalue weighted by Gasteiger charge is 2.16. The Labute approximate surface area is 137 Å². The second-order valence-corrected chi connectivity index (χ2v) is 6.01. The van der Waals surface area contributed by atoms with Gasteiger partial charge in [-0.15, -0.1) is 0 Å². The van der Waals surface area contributed by atoms with E-state index in [4.69, 9.17) is 52.2 Å². The van der Waals surface area contributed by atoms with Crippen molar-refractivity contribution in [1.29, 1.82) is 0 Å². The lowest BCUT2D eigenvalue weighted by atomic mass is 9.99. The van der Waals surface area contributed by atoms with Crippen molar-refractivity contribution >= 4 is 46.4 Å². The van der Waals surface area contributed by atoms with Crippen LogP contribution in [0.4, 0.5) is 0 Å². The summed E-state index contributed by atoms with van der Waals surface area (Å²) >= 11 is 24.3. The first-order valence-corrected chi connectivity index (χ1v) is 7.37. The lowest BCUT2D eigenvalue weighted by Crippen LogP contribution is -2.29. The molecule has 0 heterocycles. The SMILES string of the molecule is NNC(Cc1cc(Cl)ccc1Cl)c1ccc(Cl)cc1Cl. The molecule has 2 nitrogen and oxygen atoms in total. The Morgan fingerprint density at radius 2 is 1.55 bits per heavy atom. The average Bonchev–Trinajstić information content (AvgIpc) is 2.40. The summed E-state index contributed by atoms with van der Waals surface area (Å²) < 4.78 is 0. The second kappa shape index (κ2) is 6.99. The molecule has 0 aliphatic carbocycles. The molecule has 2 aromatic carbocycles. The van der Waals surface area contributed by atoms with Crippen LogP contribution < -0.4 is 11.3 Å². The van der Waals surface area contributed by atoms with Gasteiger partial charge in [-0.2, -0.15) is 0 Å². The van der Waals surface area contributed by atoms with Crippen molar-refractivity contribution in [2.75, 3.05) is 0 Å². The number of hydrazine groups is 1. The van der Waals surface area contributed by atoms with Crippen LogP contribution in [0.1, 0.15) is 17.2 Å². The van der Waals surface area contributed by atoms with Crippen LogP contribution in [0.3, 0.4) is 0 Å². The van der Waals surface area contributed by atoms with Gasteiger partial charge in [0.15, 0.2) is 0 Å². The highest BCUT2D eigenvalue weighted by molar-refractivity contribution is 6.35. The number of hydrogen-bond donors (Lipinski definition) is 2. The van der Waals surface area contributed by atoms with Gasteiger partial charge in [-0.25, -0.2) is 0 Å². The summed E-state index contributed by atoms with van der Waals surface area (Å²) in [6.07, 6.45) is 0.567. The molecule has 0 saturated carbocycles. The van der Waals surface area contributed by atoms with Gasteiger partial charge < -0.3 is 0 Å². The number of benzene rings is 2. The molecule has 0 aromatic heterocycles. The standard InChI is InChI=1S/C14H12Cl4N2/c15-9-2-4-12(17)8(5-9)6-14(20-19)11-3-1-10(16)7-13(11)18/h1-5,7,14,20H,6,19H2. The van der Waals surface area contributed by atoms with Crippen LogP contribution >= 0.6 is 46.4 Å². The summed E-state index contributed by atoms with van der Waals surface area (Å²) in [7, 11) is 0. The minimum Gasteiger partial charge on any atom is -0.271 e. The lowest BCUT2D eigenvalue weighted by Gasteiger charge is -2.19. The van der Waals surface area contributed by atoms with Crippen LogP contribution in [0, 0.1) is 0 Å². The Hall–Kier alpha value is -0.480. The molecule has 1 unspecified atom stereocenters. The Morgan fingerprint density at radius 1 is 0.900 bits per heavy atom. The van der Waals surface area contributed by atoms with E-state index >= 15 is 0 Å². The predicted octanol–water partition coefficient (Wildman–Crippen LogP) is 5.05. The number of rotatable bonds is 4. The molecule has 0 saturated heterocycles. The summed E-state index contributed by atoms with van der Waals surface area (Å²) in [5, 5.41) is 2.40. The number of nitrogens with one attached hydrogen (secondary N) is 1. The molecule has 0 aliphatic rings. The Morgan fingerprint density at radius 3 is 2.20 bits per heavy atom. The van der Waals surface area contributed by atoms with Gasteiger partial charge in [0.2, 0.25) is 0 Å². The lowest BCUT2D eigenvalue weighted by molar-refractivity contribution is 0.552. The fourth-order valence-electron chi connectivity index (χ4n) is 1.96. The first kappa shape index (κ1) is 15.9. The van der Waals surface area contributed by atoms with Crippen LogP contribution in [0.15, 0.2) is 36.4 Å². The van der Waals surface area contributed by atoms with Gasteiger partial charge in [-0.1, -0.05) is 52.5 Å². The van der Waals surface area contributed by atoms with Gasteiger partial charge in [0.25, 0.3) is 0 Å². The molecular weight excluding hydrogens is 338 g/mol. The molecule has 20 heavy (non-hydrogen) atoms. The fourth-order valence-corrected chi connectivity index (χ4v) is 2.89. The topological polar surface area (TPSA) is 38.0 Å². The Balaban J connectivity index is 2.31. The van der Waals surface area contributed by atoms with Gasteiger partial charge in [0.1, 0.15) is 0 Å². The van der Waals surface area contributed by atoms with Gasteiger partial charge in [0.05, 0.1) is 6.04 Å². The minimum atomic E-state index is -0.185. The van der Waals surface area contributed by atoms with Crippen LogP contribution in [0.25, 0.3) is 0 Å². The minimum absolute atomic E-state index is 0.185. The molecule has 0 fully saturated rings. The van der Waals surface area contributed by atoms with E-state index in [0.29, 0.717) is 26.5 Å². The Kier molecular flexibility index (Phi) is 5.56. The summed E-state index contributed by atoms with van der Waals surface area (Å²) in [5.74, 6) is 5.63. The van der Waals surface area contributed by atoms with Crippen molar-refractivity contribution in [3.63, 3.8) is 0 Å². The van der Waals surface area contributed by atoms with Crippen molar-refractivity contribution in [2.24, 2.45) is 5.84 Å². The maximum absolute atomic E-state index is 6.20. The van der Waals surface area contributed by atoms with Crippen LogP contribution in [0.2, 0.25) is 20.1 Å². The van der Waals surface area contributed by atoms with E-state index in [2.05, 4.69) is 5.43 Å². The normalized spacial score (nSPS) is 12.4. The highest BCUT2D eigenvalue weighted by atomic mass is 35.5. The summed E-state index contributed by atoms with van der Waals surface area (Å²) in [6.45, 7) is 0. The van der Waals surface area contributed by atoms with Gasteiger partial charge in [0, 0.05) is 20.1 Å². The second-order valence-electron chi connectivity index (χ2n) is 4.32. The van der Waals surface area contributed by atoms with E-state index in [1.165, 1.54) is 0 Å². The van der Waals surface area contributed by atoms with E-state index in [1.807, 2.05) is 12.1 Å². The van der Waals surface area contributed by atoms with Crippen LogP contribution in [-0.4, -0.2) is 0 Å². The molecule has 0 radical (unpaired) electrons. The van der Waals surface area contributed by atoms with Gasteiger partial charge >= 0.3 is 0 Å². The number of hydrogen-bond acceptors (Lipinski definition) is 2. The smallest absolute Gasteiger partial charge is 0.0515 e. The zero-order valence-corrected chi connectivity index (χ0v) is 13.4. The molecular formula is C14H12Cl4N2. The first-order chi connectivity index (χ1) is 9.51. The van der Waals surface area contributed by atoms with Crippen molar-refractivity contribution in [1.82, 2.24) is 5.43 Å². The monoisotopic (exact) mass is 348 g/mol. The first-order valence-electron chi connectivity index (χ1n) is 5.86. The number of nitrogens with two attached hydrogens (primary N) is 1. The van der Waals surface area contributed by atoms with E-state index in [1.54, 1.807) is 24.3 Å². The third kappa shape index (κ3) is 3.79. The molecule has 0 amide bonds. The molecule has 1 atom stereocenters. The van der Waals surface area contributed by atoms with Crippen molar-refractivity contribution in [3.05, 3.63) is 67.6 Å².